The smallest absolute Gasteiger partial charge is 0.402 e. The van der Waals surface area contributed by atoms with E-state index in [1.807, 2.05) is 6.07 Å². The van der Waals surface area contributed by atoms with Crippen molar-refractivity contribution in [1.29, 1.82) is 0 Å². The van der Waals surface area contributed by atoms with Crippen molar-refractivity contribution in [2.75, 3.05) is 18.5 Å². The number of carbonyl (C=O) groups excluding carboxylic acids is 1. The van der Waals surface area contributed by atoms with E-state index in [2.05, 4.69) is 21.2 Å². The van der Waals surface area contributed by atoms with Crippen LogP contribution in [0.2, 0.25) is 0 Å². The maximum atomic E-state index is 12.2. The summed E-state index contributed by atoms with van der Waals surface area (Å²) in [7, 11) is -4.29. The SMILES string of the molecule is O=C(CCOc1cccc(Br)c1)Nc1ccc(S(=O)(=O)NCC(F)(F)F)cc1. The minimum absolute atomic E-state index is 0.0553. The zero-order valence-electron chi connectivity index (χ0n) is 14.3. The molecular weight excluding hydrogens is 465 g/mol. The second kappa shape index (κ2) is 9.39. The minimum atomic E-state index is -4.65. The monoisotopic (exact) mass is 480 g/mol. The van der Waals surface area contributed by atoms with Crippen LogP contribution in [0.15, 0.2) is 57.9 Å². The summed E-state index contributed by atoms with van der Waals surface area (Å²) in [5, 5.41) is 2.55. The standard InChI is InChI=1S/C17H16BrF3N2O4S/c18-12-2-1-3-14(10-12)27-9-8-16(24)23-13-4-6-15(7-5-13)28(25,26)22-11-17(19,20)21/h1-7,10,22H,8-9,11H2,(H,23,24). The van der Waals surface area contributed by atoms with E-state index >= 15 is 0 Å². The molecule has 1 amide bonds. The summed E-state index contributed by atoms with van der Waals surface area (Å²) in [5.74, 6) is 0.240. The molecule has 2 N–H and O–H groups in total. The average Bonchev–Trinajstić information content (AvgIpc) is 2.60. The maximum absolute atomic E-state index is 12.2. The van der Waals surface area contributed by atoms with Gasteiger partial charge < -0.3 is 10.1 Å². The molecule has 6 nitrogen and oxygen atoms in total. The topological polar surface area (TPSA) is 84.5 Å². The van der Waals surface area contributed by atoms with Crippen molar-refractivity contribution in [2.45, 2.75) is 17.5 Å². The first-order valence-electron chi connectivity index (χ1n) is 7.90. The Morgan fingerprint density at radius 1 is 1.11 bits per heavy atom. The van der Waals surface area contributed by atoms with Gasteiger partial charge in [0.2, 0.25) is 15.9 Å². The van der Waals surface area contributed by atoms with Crippen LogP contribution >= 0.6 is 15.9 Å². The van der Waals surface area contributed by atoms with E-state index in [0.29, 0.717) is 11.4 Å². The van der Waals surface area contributed by atoms with E-state index in [1.54, 1.807) is 18.2 Å². The van der Waals surface area contributed by atoms with Gasteiger partial charge >= 0.3 is 6.18 Å². The molecule has 2 aromatic carbocycles. The lowest BCUT2D eigenvalue weighted by Crippen LogP contribution is -2.33. The van der Waals surface area contributed by atoms with Gasteiger partial charge in [0.1, 0.15) is 12.3 Å². The van der Waals surface area contributed by atoms with E-state index in [9.17, 15) is 26.4 Å². The fraction of sp³-hybridized carbons (Fsp3) is 0.235. The largest absolute Gasteiger partial charge is 0.493 e. The van der Waals surface area contributed by atoms with Crippen LogP contribution in [0.25, 0.3) is 0 Å². The number of halogens is 4. The van der Waals surface area contributed by atoms with Crippen molar-refractivity contribution < 1.29 is 31.1 Å². The second-order valence-electron chi connectivity index (χ2n) is 5.57. The van der Waals surface area contributed by atoms with Crippen LogP contribution in [-0.4, -0.2) is 33.7 Å². The highest BCUT2D eigenvalue weighted by atomic mass is 79.9. The Hall–Kier alpha value is -2.11. The van der Waals surface area contributed by atoms with Crippen LogP contribution in [0.5, 0.6) is 5.75 Å². The average molecular weight is 481 g/mol. The molecule has 0 atom stereocenters. The summed E-state index contributed by atoms with van der Waals surface area (Å²) in [6.45, 7) is -1.53. The first kappa shape index (κ1) is 22.2. The Labute approximate surface area is 168 Å². The Bertz CT molecular complexity index is 919. The fourth-order valence-corrected chi connectivity index (χ4v) is 3.41. The molecule has 0 aliphatic rings. The van der Waals surface area contributed by atoms with Gasteiger partial charge in [0, 0.05) is 10.2 Å². The Morgan fingerprint density at radius 2 is 1.79 bits per heavy atom. The molecular formula is C17H16BrF3N2O4S. The lowest BCUT2D eigenvalue weighted by molar-refractivity contribution is -0.121. The van der Waals surface area contributed by atoms with Crippen molar-refractivity contribution in [2.24, 2.45) is 0 Å². The Kier molecular flexibility index (Phi) is 7.44. The third-order valence-electron chi connectivity index (χ3n) is 3.30. The first-order valence-corrected chi connectivity index (χ1v) is 10.2. The number of alkyl halides is 3. The number of rotatable bonds is 8. The number of sulfonamides is 1. The molecule has 0 aliphatic heterocycles. The van der Waals surface area contributed by atoms with Crippen LogP contribution in [0, 0.1) is 0 Å². The molecule has 0 unspecified atom stereocenters. The van der Waals surface area contributed by atoms with E-state index in [4.69, 9.17) is 4.74 Å². The second-order valence-corrected chi connectivity index (χ2v) is 8.25. The summed E-state index contributed by atoms with van der Waals surface area (Å²) < 4.78 is 67.8. The normalized spacial score (nSPS) is 11.9. The molecule has 0 aliphatic carbocycles. The number of benzene rings is 2. The minimum Gasteiger partial charge on any atom is -0.493 e. The molecule has 0 spiro atoms. The number of hydrogen-bond donors (Lipinski definition) is 2. The summed E-state index contributed by atoms with van der Waals surface area (Å²) >= 11 is 3.30. The maximum Gasteiger partial charge on any atom is 0.402 e. The van der Waals surface area contributed by atoms with E-state index < -0.39 is 22.7 Å². The number of amides is 1. The predicted octanol–water partition coefficient (Wildman–Crippen LogP) is 3.70. The molecule has 0 fully saturated rings. The fourth-order valence-electron chi connectivity index (χ4n) is 2.02. The lowest BCUT2D eigenvalue weighted by atomic mass is 10.3. The quantitative estimate of drug-likeness (QED) is 0.603. The molecule has 152 valence electrons. The van der Waals surface area contributed by atoms with Gasteiger partial charge in [0.15, 0.2) is 0 Å². The van der Waals surface area contributed by atoms with E-state index in [0.717, 1.165) is 16.6 Å². The molecule has 11 heteroatoms. The summed E-state index contributed by atoms with van der Waals surface area (Å²) in [5.41, 5.74) is 0.308. The van der Waals surface area contributed by atoms with Crippen molar-refractivity contribution in [3.63, 3.8) is 0 Å². The van der Waals surface area contributed by atoms with Crippen LogP contribution < -0.4 is 14.8 Å². The van der Waals surface area contributed by atoms with Gasteiger partial charge in [-0.15, -0.1) is 0 Å². The molecule has 2 aromatic rings. The van der Waals surface area contributed by atoms with Gasteiger partial charge in [-0.1, -0.05) is 22.0 Å². The van der Waals surface area contributed by atoms with Gasteiger partial charge in [-0.2, -0.15) is 13.2 Å². The van der Waals surface area contributed by atoms with Crippen LogP contribution in [-0.2, 0) is 14.8 Å². The summed E-state index contributed by atoms with van der Waals surface area (Å²) in [6, 6.07) is 11.9. The summed E-state index contributed by atoms with van der Waals surface area (Å²) in [4.78, 5) is 11.6. The zero-order valence-corrected chi connectivity index (χ0v) is 16.7. The van der Waals surface area contributed by atoms with Gasteiger partial charge in [0.25, 0.3) is 0 Å². The number of anilines is 1. The van der Waals surface area contributed by atoms with E-state index in [-0.39, 0.29) is 23.8 Å². The highest BCUT2D eigenvalue weighted by Crippen LogP contribution is 2.19. The molecule has 0 saturated heterocycles. The van der Waals surface area contributed by atoms with Gasteiger partial charge in [-0.25, -0.2) is 13.1 Å². The molecule has 0 saturated carbocycles. The number of carbonyl (C=O) groups is 1. The van der Waals surface area contributed by atoms with Gasteiger partial charge in [-0.05, 0) is 42.5 Å². The van der Waals surface area contributed by atoms with Crippen LogP contribution in [0.1, 0.15) is 6.42 Å². The van der Waals surface area contributed by atoms with Crippen molar-refractivity contribution in [1.82, 2.24) is 4.72 Å². The third-order valence-corrected chi connectivity index (χ3v) is 5.22. The molecule has 0 bridgehead atoms. The van der Waals surface area contributed by atoms with Crippen molar-refractivity contribution in [3.8, 4) is 5.75 Å². The highest BCUT2D eigenvalue weighted by Gasteiger charge is 2.30. The summed E-state index contributed by atoms with van der Waals surface area (Å²) in [6.07, 6.45) is -4.60. The number of ether oxygens (including phenoxy) is 1. The van der Waals surface area contributed by atoms with Gasteiger partial charge in [-0.3, -0.25) is 4.79 Å². The molecule has 0 radical (unpaired) electrons. The Balaban J connectivity index is 1.85. The molecule has 0 heterocycles. The zero-order chi connectivity index (χ0) is 20.8. The first-order chi connectivity index (χ1) is 13.0. The van der Waals surface area contributed by atoms with Crippen LogP contribution in [0.3, 0.4) is 0 Å². The molecule has 28 heavy (non-hydrogen) atoms. The molecule has 0 aromatic heterocycles. The van der Waals surface area contributed by atoms with E-state index in [1.165, 1.54) is 16.9 Å². The number of hydrogen-bond acceptors (Lipinski definition) is 4. The number of nitrogens with one attached hydrogen (secondary N) is 2. The Morgan fingerprint density at radius 3 is 2.39 bits per heavy atom. The molecule has 2 rings (SSSR count). The van der Waals surface area contributed by atoms with Gasteiger partial charge in [0.05, 0.1) is 17.9 Å². The predicted molar refractivity (Wildman–Crippen MR) is 101 cm³/mol. The lowest BCUT2D eigenvalue weighted by Gasteiger charge is -2.10. The highest BCUT2D eigenvalue weighted by molar-refractivity contribution is 9.10. The van der Waals surface area contributed by atoms with Crippen LogP contribution in [0.4, 0.5) is 18.9 Å². The van der Waals surface area contributed by atoms with Crippen molar-refractivity contribution >= 4 is 37.5 Å². The van der Waals surface area contributed by atoms with Crippen molar-refractivity contribution in [3.05, 3.63) is 53.0 Å². The third kappa shape index (κ3) is 7.49.